The van der Waals surface area contributed by atoms with Gasteiger partial charge in [-0.2, -0.15) is 0 Å². The Morgan fingerprint density at radius 2 is 1.33 bits per heavy atom. The molecule has 0 aromatic heterocycles. The van der Waals surface area contributed by atoms with Crippen LogP contribution in [0.15, 0.2) is 22.4 Å². The molecule has 0 radical (unpaired) electrons. The molecule has 0 aromatic rings. The van der Waals surface area contributed by atoms with Gasteiger partial charge in [0, 0.05) is 25.0 Å². The van der Waals surface area contributed by atoms with Gasteiger partial charge >= 0.3 is 8.80 Å². The van der Waals surface area contributed by atoms with Gasteiger partial charge in [0.25, 0.3) is 0 Å². The molecule has 0 unspecified atom stereocenters. The molecule has 0 saturated carbocycles. The molecule has 0 spiro atoms. The summed E-state index contributed by atoms with van der Waals surface area (Å²) in [5.74, 6) is 0. The lowest BCUT2D eigenvalue weighted by atomic mass is 9.97. The first-order valence-corrected chi connectivity index (χ1v) is 11.8. The molecule has 2 rings (SSSR count). The lowest BCUT2D eigenvalue weighted by molar-refractivity contribution is 0.0795. The molecule has 0 aliphatic heterocycles. The van der Waals surface area contributed by atoms with Gasteiger partial charge in [0.1, 0.15) is 0 Å². The Hall–Kier alpha value is -0.423. The van der Waals surface area contributed by atoms with Crippen LogP contribution < -0.4 is 0 Å². The maximum atomic E-state index is 6.27. The molecule has 0 heterocycles. The van der Waals surface area contributed by atoms with Crippen LogP contribution in [-0.2, 0) is 13.3 Å². The minimum Gasteiger partial charge on any atom is -0.370 e. The summed E-state index contributed by atoms with van der Waals surface area (Å²) in [6.45, 7) is 8.14. The zero-order valence-electron chi connectivity index (χ0n) is 16.0. The first-order valence-electron chi connectivity index (χ1n) is 10.1. The quantitative estimate of drug-likeness (QED) is 0.522. The van der Waals surface area contributed by atoms with Crippen LogP contribution in [0.2, 0.25) is 0 Å². The third-order valence-corrected chi connectivity index (χ3v) is 8.32. The Labute approximate surface area is 149 Å². The van der Waals surface area contributed by atoms with Crippen LogP contribution >= 0.6 is 0 Å². The summed E-state index contributed by atoms with van der Waals surface area (Å²) in [7, 11) is -2.75. The van der Waals surface area contributed by atoms with Crippen LogP contribution in [0.1, 0.15) is 85.0 Å². The second-order valence-corrected chi connectivity index (χ2v) is 9.28. The van der Waals surface area contributed by atoms with Gasteiger partial charge < -0.3 is 13.3 Å². The lowest BCUT2D eigenvalue weighted by Crippen LogP contribution is -2.49. The molecule has 138 valence electrons. The molecule has 0 amide bonds. The van der Waals surface area contributed by atoms with Crippen molar-refractivity contribution >= 4 is 8.80 Å². The molecule has 0 atom stereocenters. The summed E-state index contributed by atoms with van der Waals surface area (Å²) < 4.78 is 18.8. The lowest BCUT2D eigenvalue weighted by Gasteiger charge is -2.32. The van der Waals surface area contributed by atoms with Crippen molar-refractivity contribution in [3.8, 4) is 0 Å². The molecule has 0 fully saturated rings. The molecular weight excluding hydrogens is 316 g/mol. The van der Waals surface area contributed by atoms with Gasteiger partial charge in [0.2, 0.25) is 0 Å². The fourth-order valence-electron chi connectivity index (χ4n) is 4.02. The smallest absolute Gasteiger partial charge is 0.370 e. The van der Waals surface area contributed by atoms with Gasteiger partial charge in [0.05, 0.1) is 0 Å². The van der Waals surface area contributed by atoms with E-state index in [-0.39, 0.29) is 0 Å². The number of hydrogen-bond acceptors (Lipinski definition) is 3. The summed E-state index contributed by atoms with van der Waals surface area (Å²) in [6.07, 6.45) is 15.0. The minimum absolute atomic E-state index is 0.655. The Morgan fingerprint density at radius 1 is 0.750 bits per heavy atom. The normalized spacial score (nSPS) is 20.5. The van der Waals surface area contributed by atoms with Gasteiger partial charge in [-0.05, 0) is 83.3 Å². The van der Waals surface area contributed by atoms with E-state index in [2.05, 4.69) is 26.8 Å². The molecule has 0 saturated heterocycles. The first kappa shape index (κ1) is 19.9. The molecule has 2 aliphatic carbocycles. The van der Waals surface area contributed by atoms with Crippen LogP contribution in [-0.4, -0.2) is 28.6 Å². The zero-order valence-corrected chi connectivity index (χ0v) is 17.0. The third kappa shape index (κ3) is 5.04. The van der Waals surface area contributed by atoms with E-state index in [1.54, 1.807) is 5.57 Å². The van der Waals surface area contributed by atoms with Crippen LogP contribution in [0.5, 0.6) is 0 Å². The molecular formula is C20H36O3Si. The topological polar surface area (TPSA) is 27.7 Å². The number of hydrogen-bond donors (Lipinski definition) is 0. The first-order chi connectivity index (χ1) is 11.8. The second-order valence-electron chi connectivity index (χ2n) is 6.70. The second kappa shape index (κ2) is 10.5. The van der Waals surface area contributed by atoms with Gasteiger partial charge in [-0.15, -0.1) is 0 Å². The Kier molecular flexibility index (Phi) is 8.74. The van der Waals surface area contributed by atoms with Crippen molar-refractivity contribution in [1.29, 1.82) is 0 Å². The Balaban J connectivity index is 2.47. The molecule has 2 aliphatic rings. The predicted octanol–water partition coefficient (Wildman–Crippen LogP) is 5.73. The summed E-state index contributed by atoms with van der Waals surface area (Å²) >= 11 is 0. The molecule has 0 aromatic carbocycles. The highest BCUT2D eigenvalue weighted by molar-refractivity contribution is 6.69. The van der Waals surface area contributed by atoms with Gasteiger partial charge in [-0.1, -0.05) is 18.9 Å². The largest absolute Gasteiger partial charge is 0.533 e. The van der Waals surface area contributed by atoms with Gasteiger partial charge in [-0.3, -0.25) is 0 Å². The molecule has 0 N–H and O–H groups in total. The van der Waals surface area contributed by atoms with Crippen LogP contribution in [0, 0.1) is 0 Å². The van der Waals surface area contributed by atoms with E-state index in [9.17, 15) is 0 Å². The van der Waals surface area contributed by atoms with Gasteiger partial charge in [0.15, 0.2) is 0 Å². The van der Waals surface area contributed by atoms with E-state index in [4.69, 9.17) is 13.3 Å². The van der Waals surface area contributed by atoms with E-state index in [1.165, 1.54) is 68.6 Å². The van der Waals surface area contributed by atoms with Crippen molar-refractivity contribution in [2.45, 2.75) is 85.0 Å². The Bertz CT molecular complexity index is 425. The van der Waals surface area contributed by atoms with E-state index in [1.807, 2.05) is 0 Å². The molecule has 4 heteroatoms. The van der Waals surface area contributed by atoms with Crippen LogP contribution in [0.25, 0.3) is 0 Å². The van der Waals surface area contributed by atoms with Crippen LogP contribution in [0.3, 0.4) is 0 Å². The Morgan fingerprint density at radius 3 is 2.00 bits per heavy atom. The highest BCUT2D eigenvalue weighted by atomic mass is 28.4. The summed E-state index contributed by atoms with van der Waals surface area (Å²) in [5, 5.41) is 1.40. The number of allylic oxidation sites excluding steroid dienone is 4. The van der Waals surface area contributed by atoms with Crippen molar-refractivity contribution in [1.82, 2.24) is 0 Å². The fraction of sp³-hybridized carbons (Fsp3) is 0.800. The summed E-state index contributed by atoms with van der Waals surface area (Å²) in [4.78, 5) is 0. The monoisotopic (exact) mass is 352 g/mol. The standard InChI is InChI=1S/C20H36O3Si/c1-4-21-24(22-5-2,23-6-3)20-17-13-9-12-16-19(20)18-14-10-7-8-11-15-18/h14H,4-13,15-17H2,1-3H3. The van der Waals surface area contributed by atoms with E-state index in [0.717, 1.165) is 6.42 Å². The molecule has 3 nitrogen and oxygen atoms in total. The van der Waals surface area contributed by atoms with Crippen molar-refractivity contribution in [2.24, 2.45) is 0 Å². The van der Waals surface area contributed by atoms with E-state index < -0.39 is 8.80 Å². The predicted molar refractivity (Wildman–Crippen MR) is 102 cm³/mol. The summed E-state index contributed by atoms with van der Waals surface area (Å²) in [6, 6.07) is 0. The SMILES string of the molecule is CCO[Si](OCC)(OCC)C1=C(C2=CCCCCC2)CCCCC1. The van der Waals surface area contributed by atoms with Crippen molar-refractivity contribution in [2.75, 3.05) is 19.8 Å². The maximum absolute atomic E-state index is 6.27. The highest BCUT2D eigenvalue weighted by Crippen LogP contribution is 2.38. The maximum Gasteiger partial charge on any atom is 0.533 e. The van der Waals surface area contributed by atoms with Crippen LogP contribution in [0.4, 0.5) is 0 Å². The van der Waals surface area contributed by atoms with E-state index >= 15 is 0 Å². The average Bonchev–Trinajstić information content (AvgIpc) is 2.98. The molecule has 0 bridgehead atoms. The minimum atomic E-state index is -2.75. The fourth-order valence-corrected chi connectivity index (χ4v) is 7.07. The van der Waals surface area contributed by atoms with Crippen molar-refractivity contribution in [3.63, 3.8) is 0 Å². The zero-order chi connectivity index (χ0) is 17.3. The third-order valence-electron chi connectivity index (χ3n) is 5.02. The van der Waals surface area contributed by atoms with Crippen molar-refractivity contribution < 1.29 is 13.3 Å². The van der Waals surface area contributed by atoms with E-state index in [0.29, 0.717) is 19.8 Å². The summed E-state index contributed by atoms with van der Waals surface area (Å²) in [5.41, 5.74) is 3.11. The average molecular weight is 353 g/mol. The number of rotatable bonds is 8. The highest BCUT2D eigenvalue weighted by Gasteiger charge is 2.46. The molecule has 24 heavy (non-hydrogen) atoms. The van der Waals surface area contributed by atoms with Crippen molar-refractivity contribution in [3.05, 3.63) is 22.4 Å². The van der Waals surface area contributed by atoms with Gasteiger partial charge in [-0.25, -0.2) is 0 Å².